The van der Waals surface area contributed by atoms with Crippen LogP contribution in [0.2, 0.25) is 0 Å². The van der Waals surface area contributed by atoms with Gasteiger partial charge in [0.05, 0.1) is 34.0 Å². The first-order valence-electron chi connectivity index (χ1n) is 12.3. The Morgan fingerprint density at radius 2 is 1.68 bits per heavy atom. The largest absolute Gasteiger partial charge is 0.497 e. The van der Waals surface area contributed by atoms with Gasteiger partial charge in [0.15, 0.2) is 17.3 Å². The maximum atomic E-state index is 13.3. The topological polar surface area (TPSA) is 75.7 Å². The van der Waals surface area contributed by atoms with Crippen LogP contribution in [0.1, 0.15) is 32.6 Å². The van der Waals surface area contributed by atoms with Crippen molar-refractivity contribution in [1.82, 2.24) is 4.90 Å². The third kappa shape index (κ3) is 4.75. The first-order valence-corrected chi connectivity index (χ1v) is 12.3. The van der Waals surface area contributed by atoms with Crippen molar-refractivity contribution in [2.24, 2.45) is 0 Å². The van der Waals surface area contributed by atoms with E-state index in [0.717, 1.165) is 41.0 Å². The van der Waals surface area contributed by atoms with E-state index in [4.69, 9.17) is 28.4 Å². The monoisotopic (exact) mass is 517 g/mol. The molecule has 3 aromatic rings. The molecule has 0 radical (unpaired) electrons. The van der Waals surface area contributed by atoms with E-state index in [0.29, 0.717) is 47.6 Å². The van der Waals surface area contributed by atoms with Gasteiger partial charge in [-0.15, -0.1) is 0 Å². The normalized spacial score (nSPS) is 15.4. The molecule has 0 saturated heterocycles. The SMILES string of the molecule is COc1ccc(/C=C2\Oc3c(cc4c(c3C)OCN(CCc3ccc(OC)c(OC)c3)C4)C2=O)c(OC)c1. The number of allylic oxidation sites excluding steroid dienone is 1. The summed E-state index contributed by atoms with van der Waals surface area (Å²) >= 11 is 0. The highest BCUT2D eigenvalue weighted by Gasteiger charge is 2.33. The highest BCUT2D eigenvalue weighted by atomic mass is 16.5. The number of benzene rings is 3. The summed E-state index contributed by atoms with van der Waals surface area (Å²) in [6, 6.07) is 13.3. The van der Waals surface area contributed by atoms with Crippen LogP contribution < -0.4 is 28.4 Å². The number of carbonyl (C=O) groups is 1. The van der Waals surface area contributed by atoms with Gasteiger partial charge in [0.2, 0.25) is 5.78 Å². The Hall–Kier alpha value is -4.17. The summed E-state index contributed by atoms with van der Waals surface area (Å²) in [6.45, 7) is 3.86. The molecule has 0 aliphatic carbocycles. The lowest BCUT2D eigenvalue weighted by molar-refractivity contribution is 0.0953. The third-order valence-electron chi connectivity index (χ3n) is 6.89. The molecule has 0 amide bonds. The summed E-state index contributed by atoms with van der Waals surface area (Å²) in [5.74, 6) is 4.10. The molecule has 0 bridgehead atoms. The molecule has 2 aliphatic rings. The molecule has 0 unspecified atom stereocenters. The van der Waals surface area contributed by atoms with Crippen LogP contribution in [-0.2, 0) is 13.0 Å². The number of ketones is 1. The highest BCUT2D eigenvalue weighted by molar-refractivity contribution is 6.15. The molecule has 0 atom stereocenters. The first-order chi connectivity index (χ1) is 18.4. The summed E-state index contributed by atoms with van der Waals surface area (Å²) < 4.78 is 33.7. The zero-order valence-corrected chi connectivity index (χ0v) is 22.3. The lowest BCUT2D eigenvalue weighted by Gasteiger charge is -2.30. The van der Waals surface area contributed by atoms with Gasteiger partial charge in [0, 0.05) is 35.8 Å². The number of methoxy groups -OCH3 is 4. The Morgan fingerprint density at radius 1 is 0.895 bits per heavy atom. The molecule has 2 aliphatic heterocycles. The molecule has 0 aromatic heterocycles. The highest BCUT2D eigenvalue weighted by Crippen LogP contribution is 2.43. The van der Waals surface area contributed by atoms with Gasteiger partial charge in [-0.05, 0) is 55.3 Å². The standard InChI is InChI=1S/C30H31NO7/c1-18-29-21(16-31(17-37-29)11-10-19-6-9-24(34-3)26(12-19)36-5)13-23-28(32)27(38-30(18)23)14-20-7-8-22(33-2)15-25(20)35-4/h6-9,12-15H,10-11,16-17H2,1-5H3/b27-14-. The van der Waals surface area contributed by atoms with Crippen LogP contribution >= 0.6 is 0 Å². The van der Waals surface area contributed by atoms with E-state index in [1.807, 2.05) is 43.3 Å². The van der Waals surface area contributed by atoms with Gasteiger partial charge < -0.3 is 28.4 Å². The maximum Gasteiger partial charge on any atom is 0.231 e. The van der Waals surface area contributed by atoms with Crippen LogP contribution in [0.3, 0.4) is 0 Å². The zero-order valence-electron chi connectivity index (χ0n) is 22.3. The molecule has 0 spiro atoms. The predicted molar refractivity (Wildman–Crippen MR) is 143 cm³/mol. The molecular weight excluding hydrogens is 486 g/mol. The molecular formula is C30H31NO7. The molecule has 8 heteroatoms. The second kappa shape index (κ2) is 10.7. The van der Waals surface area contributed by atoms with Crippen LogP contribution in [-0.4, -0.2) is 52.4 Å². The van der Waals surface area contributed by atoms with Crippen LogP contribution in [0.25, 0.3) is 6.08 Å². The number of ether oxygens (including phenoxy) is 6. The number of fused-ring (bicyclic) bond motifs is 2. The summed E-state index contributed by atoms with van der Waals surface area (Å²) in [6.07, 6.45) is 2.52. The second-order valence-corrected chi connectivity index (χ2v) is 9.18. The molecule has 38 heavy (non-hydrogen) atoms. The number of hydrogen-bond donors (Lipinski definition) is 0. The van der Waals surface area contributed by atoms with Gasteiger partial charge >= 0.3 is 0 Å². The van der Waals surface area contributed by atoms with Crippen molar-refractivity contribution in [2.75, 3.05) is 41.7 Å². The van der Waals surface area contributed by atoms with Crippen LogP contribution in [0.5, 0.6) is 34.5 Å². The van der Waals surface area contributed by atoms with Gasteiger partial charge in [-0.3, -0.25) is 9.69 Å². The third-order valence-corrected chi connectivity index (χ3v) is 6.89. The van der Waals surface area contributed by atoms with Crippen molar-refractivity contribution in [2.45, 2.75) is 19.9 Å². The van der Waals surface area contributed by atoms with Crippen molar-refractivity contribution in [3.63, 3.8) is 0 Å². The van der Waals surface area contributed by atoms with Crippen LogP contribution in [0, 0.1) is 6.92 Å². The van der Waals surface area contributed by atoms with Gasteiger partial charge in [-0.2, -0.15) is 0 Å². The Bertz CT molecular complexity index is 1410. The Kier molecular flexibility index (Phi) is 7.15. The smallest absolute Gasteiger partial charge is 0.231 e. The van der Waals surface area contributed by atoms with Crippen molar-refractivity contribution in [3.8, 4) is 34.5 Å². The molecule has 5 rings (SSSR count). The van der Waals surface area contributed by atoms with Gasteiger partial charge in [0.1, 0.15) is 29.7 Å². The van der Waals surface area contributed by atoms with E-state index in [1.54, 1.807) is 40.6 Å². The molecule has 0 N–H and O–H groups in total. The van der Waals surface area contributed by atoms with E-state index < -0.39 is 0 Å². The maximum absolute atomic E-state index is 13.3. The fourth-order valence-corrected chi connectivity index (χ4v) is 4.84. The second-order valence-electron chi connectivity index (χ2n) is 9.18. The molecule has 3 aromatic carbocycles. The van der Waals surface area contributed by atoms with Gasteiger partial charge in [-0.25, -0.2) is 0 Å². The van der Waals surface area contributed by atoms with Crippen molar-refractivity contribution in [1.29, 1.82) is 0 Å². The predicted octanol–water partition coefficient (Wildman–Crippen LogP) is 5.04. The van der Waals surface area contributed by atoms with E-state index in [1.165, 1.54) is 0 Å². The Labute approximate surface area is 222 Å². The minimum Gasteiger partial charge on any atom is -0.497 e. The lowest BCUT2D eigenvalue weighted by Crippen LogP contribution is -2.34. The summed E-state index contributed by atoms with van der Waals surface area (Å²) in [7, 11) is 6.44. The quantitative estimate of drug-likeness (QED) is 0.385. The molecule has 0 saturated carbocycles. The fraction of sp³-hybridized carbons (Fsp3) is 0.300. The van der Waals surface area contributed by atoms with Crippen LogP contribution in [0.4, 0.5) is 0 Å². The average Bonchev–Trinajstić information content (AvgIpc) is 3.26. The van der Waals surface area contributed by atoms with E-state index in [9.17, 15) is 4.79 Å². The summed E-state index contributed by atoms with van der Waals surface area (Å²) in [5.41, 5.74) is 4.22. The van der Waals surface area contributed by atoms with Crippen molar-refractivity contribution < 1.29 is 33.2 Å². The first kappa shape index (κ1) is 25.5. The molecule has 198 valence electrons. The Morgan fingerprint density at radius 3 is 2.42 bits per heavy atom. The zero-order chi connectivity index (χ0) is 26.8. The number of rotatable bonds is 8. The number of hydrogen-bond acceptors (Lipinski definition) is 8. The van der Waals surface area contributed by atoms with Gasteiger partial charge in [0.25, 0.3) is 0 Å². The lowest BCUT2D eigenvalue weighted by atomic mass is 9.99. The summed E-state index contributed by atoms with van der Waals surface area (Å²) in [4.78, 5) is 15.5. The minimum atomic E-state index is -0.161. The van der Waals surface area contributed by atoms with Crippen LogP contribution in [0.15, 0.2) is 48.2 Å². The van der Waals surface area contributed by atoms with E-state index >= 15 is 0 Å². The van der Waals surface area contributed by atoms with Crippen molar-refractivity contribution >= 4 is 11.9 Å². The molecule has 2 heterocycles. The van der Waals surface area contributed by atoms with E-state index in [-0.39, 0.29) is 11.5 Å². The number of Topliss-reactive ketones (excluding diaryl/α,β-unsaturated/α-hetero) is 1. The average molecular weight is 518 g/mol. The van der Waals surface area contributed by atoms with Crippen molar-refractivity contribution in [3.05, 3.63) is 76.0 Å². The Balaban J connectivity index is 1.34. The minimum absolute atomic E-state index is 0.161. The number of nitrogens with zero attached hydrogens (tertiary/aromatic N) is 1. The summed E-state index contributed by atoms with van der Waals surface area (Å²) in [5, 5.41) is 0. The molecule has 0 fully saturated rings. The fourth-order valence-electron chi connectivity index (χ4n) is 4.84. The number of carbonyl (C=O) groups excluding carboxylic acids is 1. The molecule has 8 nitrogen and oxygen atoms in total. The van der Waals surface area contributed by atoms with Gasteiger partial charge in [-0.1, -0.05) is 6.07 Å². The van der Waals surface area contributed by atoms with E-state index in [2.05, 4.69) is 4.90 Å².